The first-order chi connectivity index (χ1) is 10.7. The molecule has 122 valence electrons. The minimum Gasteiger partial charge on any atom is -0.513 e. The maximum Gasteiger partial charge on any atom is 0.167 e. The van der Waals surface area contributed by atoms with E-state index in [2.05, 4.69) is 6.58 Å². The number of nitrogens with two attached hydrogens (primary N) is 2. The van der Waals surface area contributed by atoms with E-state index in [1.807, 2.05) is 13.0 Å². The van der Waals surface area contributed by atoms with Gasteiger partial charge in [0.25, 0.3) is 0 Å². The maximum atomic E-state index is 13.7. The van der Waals surface area contributed by atoms with Crippen LogP contribution in [0.4, 0.5) is 15.8 Å². The van der Waals surface area contributed by atoms with Gasteiger partial charge < -0.3 is 21.7 Å². The number of phenols is 1. The van der Waals surface area contributed by atoms with Crippen molar-refractivity contribution in [3.05, 3.63) is 64.2 Å². The average Bonchev–Trinajstić information content (AvgIpc) is 2.48. The second-order valence-electron chi connectivity index (χ2n) is 5.74. The number of halogens is 1. The Hall–Kier alpha value is -2.69. The Balaban J connectivity index is 2.46. The molecule has 0 unspecified atom stereocenters. The summed E-state index contributed by atoms with van der Waals surface area (Å²) < 4.78 is 13.7. The van der Waals surface area contributed by atoms with E-state index in [9.17, 15) is 14.6 Å². The van der Waals surface area contributed by atoms with Gasteiger partial charge in [-0.15, -0.1) is 0 Å². The van der Waals surface area contributed by atoms with E-state index in [0.717, 1.165) is 22.8 Å². The summed E-state index contributed by atoms with van der Waals surface area (Å²) in [6, 6.07) is 4.77. The second kappa shape index (κ2) is 6.20. The summed E-state index contributed by atoms with van der Waals surface area (Å²) in [5.74, 6) is -1.08. The molecular weight excluding hydrogens is 295 g/mol. The molecule has 5 heteroatoms. The molecule has 0 heterocycles. The van der Waals surface area contributed by atoms with E-state index in [-0.39, 0.29) is 17.9 Å². The van der Waals surface area contributed by atoms with Crippen molar-refractivity contribution < 1.29 is 14.6 Å². The summed E-state index contributed by atoms with van der Waals surface area (Å²) in [5.41, 5.74) is 16.3. The topological polar surface area (TPSA) is 92.5 Å². The van der Waals surface area contributed by atoms with Crippen LogP contribution in [-0.4, -0.2) is 10.2 Å². The van der Waals surface area contributed by atoms with Crippen LogP contribution in [0.15, 0.2) is 30.5 Å². The number of aliphatic hydroxyl groups excluding tert-OH is 1. The number of phenolic OH excluding ortho intramolecular Hbond substituents is 1. The molecule has 0 aliphatic heterocycles. The van der Waals surface area contributed by atoms with Crippen molar-refractivity contribution >= 4 is 11.4 Å². The molecule has 2 rings (SSSR count). The lowest BCUT2D eigenvalue weighted by molar-refractivity contribution is 0.402. The highest BCUT2D eigenvalue weighted by Gasteiger charge is 2.16. The lowest BCUT2D eigenvalue weighted by Crippen LogP contribution is -2.05. The summed E-state index contributed by atoms with van der Waals surface area (Å²) in [5, 5.41) is 19.3. The summed E-state index contributed by atoms with van der Waals surface area (Å²) in [4.78, 5) is 0. The Morgan fingerprint density at radius 1 is 1.17 bits per heavy atom. The molecule has 0 amide bonds. The zero-order valence-electron chi connectivity index (χ0n) is 13.3. The first kappa shape index (κ1) is 16.7. The van der Waals surface area contributed by atoms with Crippen LogP contribution in [-0.2, 0) is 12.8 Å². The van der Waals surface area contributed by atoms with Crippen molar-refractivity contribution in [2.24, 2.45) is 0 Å². The highest BCUT2D eigenvalue weighted by Crippen LogP contribution is 2.33. The van der Waals surface area contributed by atoms with Gasteiger partial charge in [0.2, 0.25) is 0 Å². The first-order valence-electron chi connectivity index (χ1n) is 7.22. The zero-order chi connectivity index (χ0) is 17.3. The van der Waals surface area contributed by atoms with Gasteiger partial charge in [0.1, 0.15) is 0 Å². The maximum absolute atomic E-state index is 13.7. The van der Waals surface area contributed by atoms with Gasteiger partial charge in [-0.2, -0.15) is 0 Å². The zero-order valence-corrected chi connectivity index (χ0v) is 13.3. The molecular formula is C18H21FN2O2. The molecule has 0 aliphatic rings. The molecule has 4 nitrogen and oxygen atoms in total. The van der Waals surface area contributed by atoms with Gasteiger partial charge in [0.05, 0.1) is 5.76 Å². The van der Waals surface area contributed by atoms with Gasteiger partial charge in [-0.1, -0.05) is 18.7 Å². The van der Waals surface area contributed by atoms with Crippen molar-refractivity contribution in [1.82, 2.24) is 0 Å². The minimum atomic E-state index is -0.734. The van der Waals surface area contributed by atoms with Crippen LogP contribution in [0.5, 0.6) is 5.75 Å². The Kier molecular flexibility index (Phi) is 4.50. The van der Waals surface area contributed by atoms with Crippen LogP contribution in [0, 0.1) is 19.7 Å². The first-order valence-corrected chi connectivity index (χ1v) is 7.22. The molecule has 0 saturated heterocycles. The molecule has 0 spiro atoms. The predicted octanol–water partition coefficient (Wildman–Crippen LogP) is 3.52. The van der Waals surface area contributed by atoms with Crippen molar-refractivity contribution in [3.63, 3.8) is 0 Å². The van der Waals surface area contributed by atoms with Crippen LogP contribution >= 0.6 is 0 Å². The standard InChI is InChI=1S/C18H21FN2O2/c1-9(22)6-13-5-4-12(10(2)17(13)21)7-14-11(3)16(20)8-15(19)18(14)23/h4-5,8,22-23H,1,6-7,20-21H2,2-3H3. The number of aliphatic hydroxyl groups is 1. The lowest BCUT2D eigenvalue weighted by Gasteiger charge is -2.16. The number of aromatic hydroxyl groups is 1. The third-order valence-electron chi connectivity index (χ3n) is 4.16. The fourth-order valence-electron chi connectivity index (χ4n) is 2.61. The Morgan fingerprint density at radius 3 is 2.39 bits per heavy atom. The lowest BCUT2D eigenvalue weighted by atomic mass is 9.92. The van der Waals surface area contributed by atoms with E-state index in [1.54, 1.807) is 13.0 Å². The van der Waals surface area contributed by atoms with E-state index in [4.69, 9.17) is 11.5 Å². The summed E-state index contributed by atoms with van der Waals surface area (Å²) in [6.45, 7) is 7.06. The Morgan fingerprint density at radius 2 is 1.78 bits per heavy atom. The summed E-state index contributed by atoms with van der Waals surface area (Å²) in [7, 11) is 0. The fraction of sp³-hybridized carbons (Fsp3) is 0.222. The van der Waals surface area contributed by atoms with Gasteiger partial charge in [-0.05, 0) is 36.1 Å². The van der Waals surface area contributed by atoms with Gasteiger partial charge in [0, 0.05) is 35.8 Å². The van der Waals surface area contributed by atoms with Crippen LogP contribution in [0.25, 0.3) is 0 Å². The van der Waals surface area contributed by atoms with Gasteiger partial charge in [0.15, 0.2) is 11.6 Å². The molecule has 0 bridgehead atoms. The molecule has 2 aromatic rings. The quantitative estimate of drug-likeness (QED) is 0.394. The molecule has 0 fully saturated rings. The molecule has 6 N–H and O–H groups in total. The number of hydrogen-bond acceptors (Lipinski definition) is 4. The molecule has 0 aliphatic carbocycles. The van der Waals surface area contributed by atoms with Crippen LogP contribution in [0.1, 0.15) is 27.8 Å². The van der Waals surface area contributed by atoms with Crippen molar-refractivity contribution in [1.29, 1.82) is 0 Å². The van der Waals surface area contributed by atoms with Crippen LogP contribution in [0.2, 0.25) is 0 Å². The average molecular weight is 316 g/mol. The van der Waals surface area contributed by atoms with Crippen LogP contribution in [0.3, 0.4) is 0 Å². The number of benzene rings is 2. The molecule has 0 atom stereocenters. The molecule has 0 saturated carbocycles. The number of hydrogen-bond donors (Lipinski definition) is 4. The highest BCUT2D eigenvalue weighted by molar-refractivity contribution is 5.61. The highest BCUT2D eigenvalue weighted by atomic mass is 19.1. The van der Waals surface area contributed by atoms with Crippen molar-refractivity contribution in [2.75, 3.05) is 11.5 Å². The normalized spacial score (nSPS) is 10.7. The molecule has 0 radical (unpaired) electrons. The summed E-state index contributed by atoms with van der Waals surface area (Å²) in [6.07, 6.45) is 0.597. The largest absolute Gasteiger partial charge is 0.513 e. The van der Waals surface area contributed by atoms with Crippen molar-refractivity contribution in [2.45, 2.75) is 26.7 Å². The van der Waals surface area contributed by atoms with Gasteiger partial charge in [-0.3, -0.25) is 0 Å². The monoisotopic (exact) mass is 316 g/mol. The van der Waals surface area contributed by atoms with Crippen LogP contribution < -0.4 is 11.5 Å². The molecule has 23 heavy (non-hydrogen) atoms. The smallest absolute Gasteiger partial charge is 0.167 e. The number of rotatable bonds is 4. The number of anilines is 2. The SMILES string of the molecule is C=C(O)Cc1ccc(Cc2c(C)c(N)cc(F)c2O)c(C)c1N. The Bertz CT molecular complexity index is 759. The molecule has 2 aromatic carbocycles. The number of nitrogen functional groups attached to an aromatic ring is 2. The molecule has 0 aromatic heterocycles. The third kappa shape index (κ3) is 3.23. The third-order valence-corrected chi connectivity index (χ3v) is 4.16. The summed E-state index contributed by atoms with van der Waals surface area (Å²) >= 11 is 0. The second-order valence-corrected chi connectivity index (χ2v) is 5.74. The predicted molar refractivity (Wildman–Crippen MR) is 91.1 cm³/mol. The van der Waals surface area contributed by atoms with E-state index >= 15 is 0 Å². The fourth-order valence-corrected chi connectivity index (χ4v) is 2.61. The van der Waals surface area contributed by atoms with E-state index in [0.29, 0.717) is 28.9 Å². The minimum absolute atomic E-state index is 0.0373. The van der Waals surface area contributed by atoms with Crippen molar-refractivity contribution in [3.8, 4) is 5.75 Å². The van der Waals surface area contributed by atoms with E-state index < -0.39 is 5.82 Å². The number of allylic oxidation sites excluding steroid dienone is 1. The Labute approximate surface area is 134 Å². The van der Waals surface area contributed by atoms with Gasteiger partial charge in [-0.25, -0.2) is 4.39 Å². The van der Waals surface area contributed by atoms with E-state index in [1.165, 1.54) is 0 Å². The van der Waals surface area contributed by atoms with Gasteiger partial charge >= 0.3 is 0 Å².